The van der Waals surface area contributed by atoms with Gasteiger partial charge in [0.15, 0.2) is 0 Å². The van der Waals surface area contributed by atoms with Crippen molar-refractivity contribution in [3.05, 3.63) is 92.4 Å². The smallest absolute Gasteiger partial charge is 0.264 e. The van der Waals surface area contributed by atoms with Gasteiger partial charge in [0.05, 0.1) is 10.6 Å². The molecule has 7 nitrogen and oxygen atoms in total. The van der Waals surface area contributed by atoms with Crippen molar-refractivity contribution in [1.29, 1.82) is 0 Å². The summed E-state index contributed by atoms with van der Waals surface area (Å²) in [5, 5.41) is 4.01. The van der Waals surface area contributed by atoms with E-state index < -0.39 is 40.0 Å². The summed E-state index contributed by atoms with van der Waals surface area (Å²) in [6.45, 7) is 10.3. The van der Waals surface area contributed by atoms with E-state index in [0.29, 0.717) is 26.3 Å². The SMILES string of the molecule is Cc1ccc(N(CC(=O)N(Cc2ccc(Cl)cc2Cl)C(C)C(=O)NC(C)(C)C)S(=O)(=O)c2ccc(Cl)cc2)cc1C. The summed E-state index contributed by atoms with van der Waals surface area (Å²) in [6, 6.07) is 14.8. The normalized spacial score (nSPS) is 12.5. The van der Waals surface area contributed by atoms with Gasteiger partial charge in [-0.25, -0.2) is 8.42 Å². The van der Waals surface area contributed by atoms with Crippen LogP contribution in [0.2, 0.25) is 15.1 Å². The van der Waals surface area contributed by atoms with Gasteiger partial charge in [-0.3, -0.25) is 13.9 Å². The molecule has 3 rings (SSSR count). The van der Waals surface area contributed by atoms with Crippen molar-refractivity contribution in [2.24, 2.45) is 0 Å². The van der Waals surface area contributed by atoms with Crippen LogP contribution >= 0.6 is 34.8 Å². The Balaban J connectivity index is 2.09. The number of hydrogen-bond acceptors (Lipinski definition) is 4. The molecule has 0 saturated carbocycles. The lowest BCUT2D eigenvalue weighted by Gasteiger charge is -2.33. The molecule has 3 aromatic rings. The number of aryl methyl sites for hydroxylation is 2. The van der Waals surface area contributed by atoms with Gasteiger partial charge in [0.1, 0.15) is 12.6 Å². The number of sulfonamides is 1. The first-order valence-corrected chi connectivity index (χ1v) is 15.5. The molecular formula is C30H34Cl3N3O4S. The molecule has 1 N–H and O–H groups in total. The summed E-state index contributed by atoms with van der Waals surface area (Å²) in [7, 11) is -4.21. The number of nitrogens with zero attached hydrogens (tertiary/aromatic N) is 2. The third kappa shape index (κ3) is 8.38. The predicted octanol–water partition coefficient (Wildman–Crippen LogP) is 6.79. The topological polar surface area (TPSA) is 86.8 Å². The minimum absolute atomic E-state index is 0.0289. The Kier molecular flexibility index (Phi) is 10.4. The average molecular weight is 639 g/mol. The van der Waals surface area contributed by atoms with Crippen molar-refractivity contribution in [2.75, 3.05) is 10.8 Å². The zero-order valence-corrected chi connectivity index (χ0v) is 26.9. The van der Waals surface area contributed by atoms with E-state index in [2.05, 4.69) is 5.32 Å². The second-order valence-corrected chi connectivity index (χ2v) is 14.0. The highest BCUT2D eigenvalue weighted by molar-refractivity contribution is 7.92. The van der Waals surface area contributed by atoms with Crippen LogP contribution in [0.4, 0.5) is 5.69 Å². The third-order valence-electron chi connectivity index (χ3n) is 6.48. The molecule has 1 unspecified atom stereocenters. The summed E-state index contributed by atoms with van der Waals surface area (Å²) < 4.78 is 28.9. The lowest BCUT2D eigenvalue weighted by atomic mass is 10.1. The maximum atomic E-state index is 14.1. The Bertz CT molecular complexity index is 1540. The third-order valence-corrected chi connectivity index (χ3v) is 9.11. The lowest BCUT2D eigenvalue weighted by molar-refractivity contribution is -0.140. The van der Waals surface area contributed by atoms with Crippen LogP contribution in [0.3, 0.4) is 0 Å². The quantitative estimate of drug-likeness (QED) is 0.280. The summed E-state index contributed by atoms with van der Waals surface area (Å²) >= 11 is 18.5. The van der Waals surface area contributed by atoms with Crippen LogP contribution in [-0.4, -0.2) is 43.3 Å². The zero-order valence-electron chi connectivity index (χ0n) is 23.8. The fraction of sp³-hybridized carbons (Fsp3) is 0.333. The van der Waals surface area contributed by atoms with Gasteiger partial charge in [-0.1, -0.05) is 46.9 Å². The molecule has 0 bridgehead atoms. The first-order valence-electron chi connectivity index (χ1n) is 12.9. The van der Waals surface area contributed by atoms with E-state index >= 15 is 0 Å². The predicted molar refractivity (Wildman–Crippen MR) is 166 cm³/mol. The van der Waals surface area contributed by atoms with Gasteiger partial charge >= 0.3 is 0 Å². The molecule has 220 valence electrons. The second-order valence-electron chi connectivity index (χ2n) is 10.9. The van der Waals surface area contributed by atoms with Gasteiger partial charge < -0.3 is 10.2 Å². The maximum Gasteiger partial charge on any atom is 0.264 e. The summed E-state index contributed by atoms with van der Waals surface area (Å²) in [5.74, 6) is -0.988. The van der Waals surface area contributed by atoms with Crippen molar-refractivity contribution in [1.82, 2.24) is 10.2 Å². The van der Waals surface area contributed by atoms with E-state index in [4.69, 9.17) is 34.8 Å². The highest BCUT2D eigenvalue weighted by atomic mass is 35.5. The standard InChI is InChI=1S/C30H34Cl3N3O4S/c1-19-7-12-25(15-20(19)2)36(41(39,40)26-13-10-23(31)11-14-26)18-28(37)35(21(3)29(38)34-30(4,5)6)17-22-8-9-24(32)16-27(22)33/h7-16,21H,17-18H2,1-6H3,(H,34,38). The van der Waals surface area contributed by atoms with E-state index in [1.54, 1.807) is 43.3 Å². The van der Waals surface area contributed by atoms with Gasteiger partial charge in [-0.15, -0.1) is 0 Å². The molecule has 0 spiro atoms. The monoisotopic (exact) mass is 637 g/mol. The zero-order chi connectivity index (χ0) is 30.7. The van der Waals surface area contributed by atoms with Crippen molar-refractivity contribution in [2.45, 2.75) is 64.6 Å². The van der Waals surface area contributed by atoms with Gasteiger partial charge in [0.2, 0.25) is 11.8 Å². The molecule has 0 aromatic heterocycles. The molecule has 0 aliphatic carbocycles. The second kappa shape index (κ2) is 13.0. The number of hydrogen-bond donors (Lipinski definition) is 1. The lowest BCUT2D eigenvalue weighted by Crippen LogP contribution is -2.54. The molecule has 41 heavy (non-hydrogen) atoms. The number of anilines is 1. The fourth-order valence-electron chi connectivity index (χ4n) is 4.03. The van der Waals surface area contributed by atoms with Gasteiger partial charge in [0.25, 0.3) is 10.0 Å². The first-order chi connectivity index (χ1) is 19.0. The molecule has 0 radical (unpaired) electrons. The molecule has 0 heterocycles. The molecule has 0 aliphatic rings. The molecule has 0 aliphatic heterocycles. The van der Waals surface area contributed by atoms with Gasteiger partial charge in [0, 0.05) is 27.2 Å². The molecule has 0 saturated heterocycles. The van der Waals surface area contributed by atoms with Crippen LogP contribution in [0.15, 0.2) is 65.6 Å². The molecule has 11 heteroatoms. The van der Waals surface area contributed by atoms with Crippen LogP contribution in [0, 0.1) is 13.8 Å². The number of rotatable bonds is 9. The first kappa shape index (κ1) is 32.7. The number of amides is 2. The summed E-state index contributed by atoms with van der Waals surface area (Å²) in [4.78, 5) is 28.6. The van der Waals surface area contributed by atoms with Crippen molar-refractivity contribution < 1.29 is 18.0 Å². The van der Waals surface area contributed by atoms with Crippen molar-refractivity contribution in [3.8, 4) is 0 Å². The van der Waals surface area contributed by atoms with E-state index in [1.807, 2.05) is 34.6 Å². The van der Waals surface area contributed by atoms with Crippen molar-refractivity contribution >= 4 is 62.3 Å². The summed E-state index contributed by atoms with van der Waals surface area (Å²) in [6.07, 6.45) is 0. The number of nitrogens with one attached hydrogen (secondary N) is 1. The van der Waals surface area contributed by atoms with Crippen LogP contribution < -0.4 is 9.62 Å². The number of carbonyl (C=O) groups excluding carboxylic acids is 2. The van der Waals surface area contributed by atoms with E-state index in [9.17, 15) is 18.0 Å². The van der Waals surface area contributed by atoms with E-state index in [-0.39, 0.29) is 11.4 Å². The van der Waals surface area contributed by atoms with E-state index in [1.165, 1.54) is 29.2 Å². The Morgan fingerprint density at radius 3 is 2.05 bits per heavy atom. The minimum atomic E-state index is -4.21. The molecular weight excluding hydrogens is 605 g/mol. The Morgan fingerprint density at radius 2 is 1.49 bits per heavy atom. The van der Waals surface area contributed by atoms with Gasteiger partial charge in [-0.05, 0) is 107 Å². The molecule has 0 fully saturated rings. The Morgan fingerprint density at radius 1 is 0.878 bits per heavy atom. The number of benzene rings is 3. The Labute approximate surface area is 257 Å². The fourth-order valence-corrected chi connectivity index (χ4v) is 6.03. The molecule has 1 atom stereocenters. The van der Waals surface area contributed by atoms with Gasteiger partial charge in [-0.2, -0.15) is 0 Å². The van der Waals surface area contributed by atoms with E-state index in [0.717, 1.165) is 15.4 Å². The van der Waals surface area contributed by atoms with Crippen LogP contribution in [-0.2, 0) is 26.2 Å². The summed E-state index contributed by atoms with van der Waals surface area (Å²) in [5.41, 5.74) is 2.14. The van der Waals surface area contributed by atoms with Crippen molar-refractivity contribution in [3.63, 3.8) is 0 Å². The van der Waals surface area contributed by atoms with Crippen LogP contribution in [0.1, 0.15) is 44.4 Å². The molecule has 2 amide bonds. The van der Waals surface area contributed by atoms with Crippen LogP contribution in [0.25, 0.3) is 0 Å². The molecule has 3 aromatic carbocycles. The maximum absolute atomic E-state index is 14.1. The highest BCUT2D eigenvalue weighted by Crippen LogP contribution is 2.28. The Hall–Kier alpha value is -2.78. The largest absolute Gasteiger partial charge is 0.350 e. The number of carbonyl (C=O) groups is 2. The van der Waals surface area contributed by atoms with Crippen LogP contribution in [0.5, 0.6) is 0 Å². The average Bonchev–Trinajstić information content (AvgIpc) is 2.87. The number of halogens is 3. The highest BCUT2D eigenvalue weighted by Gasteiger charge is 2.33. The minimum Gasteiger partial charge on any atom is -0.350 e.